The molecule has 0 atom stereocenters. The number of aryl methyl sites for hydroxylation is 1. The topological polar surface area (TPSA) is 17.0 Å². The van der Waals surface area contributed by atoms with E-state index in [9.17, 15) is 0 Å². The normalized spacial score (nSPS) is 11.2. The first-order chi connectivity index (χ1) is 7.72. The molecule has 0 spiro atoms. The van der Waals surface area contributed by atoms with Gasteiger partial charge in [0, 0.05) is 23.2 Å². The molecular formula is C12H14Cl2N2. The molecule has 2 aromatic rings. The highest BCUT2D eigenvalue weighted by atomic mass is 35.5. The van der Waals surface area contributed by atoms with Gasteiger partial charge in [0.15, 0.2) is 0 Å². The summed E-state index contributed by atoms with van der Waals surface area (Å²) in [7, 11) is 1.96. The molecule has 2 rings (SSSR count). The van der Waals surface area contributed by atoms with E-state index in [0.29, 0.717) is 5.02 Å². The van der Waals surface area contributed by atoms with E-state index >= 15 is 0 Å². The van der Waals surface area contributed by atoms with Crippen molar-refractivity contribution in [2.45, 2.75) is 13.0 Å². The molecule has 16 heavy (non-hydrogen) atoms. The summed E-state index contributed by atoms with van der Waals surface area (Å²) in [5, 5.41) is 5.60. The van der Waals surface area contributed by atoms with E-state index in [1.165, 1.54) is 0 Å². The lowest BCUT2D eigenvalue weighted by molar-refractivity contribution is 0.627. The highest BCUT2D eigenvalue weighted by Gasteiger charge is 2.05. The zero-order chi connectivity index (χ0) is 11.5. The number of benzene rings is 1. The van der Waals surface area contributed by atoms with Crippen LogP contribution in [0.4, 0.5) is 0 Å². The summed E-state index contributed by atoms with van der Waals surface area (Å²) in [5.74, 6) is 0. The van der Waals surface area contributed by atoms with E-state index in [-0.39, 0.29) is 0 Å². The van der Waals surface area contributed by atoms with Gasteiger partial charge < -0.3 is 9.88 Å². The number of aromatic nitrogens is 1. The Balaban J connectivity index is 2.32. The maximum Gasteiger partial charge on any atom is 0.0514 e. The molecule has 0 fully saturated rings. The Morgan fingerprint density at radius 3 is 2.88 bits per heavy atom. The second-order valence-electron chi connectivity index (χ2n) is 3.79. The Kier molecular flexibility index (Phi) is 3.74. The number of nitrogens with zero attached hydrogens (tertiary/aromatic N) is 1. The van der Waals surface area contributed by atoms with Gasteiger partial charge in [0.05, 0.1) is 10.5 Å². The third-order valence-electron chi connectivity index (χ3n) is 2.63. The van der Waals surface area contributed by atoms with Crippen LogP contribution in [-0.2, 0) is 6.54 Å². The first kappa shape index (κ1) is 11.8. The summed E-state index contributed by atoms with van der Waals surface area (Å²) in [6.07, 6.45) is 3.15. The lowest BCUT2D eigenvalue weighted by Gasteiger charge is -2.06. The van der Waals surface area contributed by atoms with E-state index in [2.05, 4.69) is 16.1 Å². The third kappa shape index (κ3) is 2.34. The average molecular weight is 257 g/mol. The van der Waals surface area contributed by atoms with Crippen LogP contribution in [0.2, 0.25) is 10.0 Å². The predicted octanol–water partition coefficient (Wildman–Crippen LogP) is 3.56. The lowest BCUT2D eigenvalue weighted by Crippen LogP contribution is -2.10. The molecule has 4 heteroatoms. The zero-order valence-electron chi connectivity index (χ0n) is 9.13. The van der Waals surface area contributed by atoms with Crippen molar-refractivity contribution in [1.82, 2.24) is 9.88 Å². The SMILES string of the molecule is CNCCCn1ccc2c(Cl)cc(Cl)cc21. The minimum Gasteiger partial charge on any atom is -0.347 e. The summed E-state index contributed by atoms with van der Waals surface area (Å²) < 4.78 is 2.18. The zero-order valence-corrected chi connectivity index (χ0v) is 10.6. The van der Waals surface area contributed by atoms with Gasteiger partial charge in [0.1, 0.15) is 0 Å². The van der Waals surface area contributed by atoms with Crippen molar-refractivity contribution in [2.75, 3.05) is 13.6 Å². The smallest absolute Gasteiger partial charge is 0.0514 e. The van der Waals surface area contributed by atoms with Crippen molar-refractivity contribution in [3.63, 3.8) is 0 Å². The minimum atomic E-state index is 0.686. The standard InChI is InChI=1S/C12H14Cl2N2/c1-15-4-2-5-16-6-3-10-11(14)7-9(13)8-12(10)16/h3,6-8,15H,2,4-5H2,1H3. The van der Waals surface area contributed by atoms with E-state index in [4.69, 9.17) is 23.2 Å². The van der Waals surface area contributed by atoms with Crippen LogP contribution in [-0.4, -0.2) is 18.2 Å². The van der Waals surface area contributed by atoms with Crippen molar-refractivity contribution in [2.24, 2.45) is 0 Å². The molecule has 1 aromatic carbocycles. The Hall–Kier alpha value is -0.700. The van der Waals surface area contributed by atoms with Gasteiger partial charge in [-0.15, -0.1) is 0 Å². The van der Waals surface area contributed by atoms with Crippen LogP contribution < -0.4 is 5.32 Å². The molecule has 1 heterocycles. The molecule has 2 nitrogen and oxygen atoms in total. The molecule has 0 bridgehead atoms. The van der Waals surface area contributed by atoms with Crippen LogP contribution in [0.3, 0.4) is 0 Å². The first-order valence-corrected chi connectivity index (χ1v) is 6.06. The van der Waals surface area contributed by atoms with Crippen LogP contribution in [0.5, 0.6) is 0 Å². The fraction of sp³-hybridized carbons (Fsp3) is 0.333. The van der Waals surface area contributed by atoms with Crippen LogP contribution in [0, 0.1) is 0 Å². The lowest BCUT2D eigenvalue weighted by atomic mass is 10.2. The number of halogens is 2. The Morgan fingerprint density at radius 2 is 2.12 bits per heavy atom. The predicted molar refractivity (Wildman–Crippen MR) is 70.5 cm³/mol. The molecule has 0 amide bonds. The van der Waals surface area contributed by atoms with Crippen LogP contribution >= 0.6 is 23.2 Å². The van der Waals surface area contributed by atoms with Crippen molar-refractivity contribution in [3.05, 3.63) is 34.4 Å². The Labute approximate surface area is 105 Å². The molecule has 0 radical (unpaired) electrons. The molecule has 0 saturated carbocycles. The van der Waals surface area contributed by atoms with Gasteiger partial charge in [0.25, 0.3) is 0 Å². The van der Waals surface area contributed by atoms with E-state index in [1.54, 1.807) is 6.07 Å². The summed E-state index contributed by atoms with van der Waals surface area (Å²) in [6.45, 7) is 1.98. The fourth-order valence-electron chi connectivity index (χ4n) is 1.84. The largest absolute Gasteiger partial charge is 0.347 e. The van der Waals surface area contributed by atoms with E-state index in [0.717, 1.165) is 35.4 Å². The molecule has 0 aliphatic heterocycles. The molecule has 1 N–H and O–H groups in total. The third-order valence-corrected chi connectivity index (χ3v) is 3.16. The van der Waals surface area contributed by atoms with Gasteiger partial charge in [-0.2, -0.15) is 0 Å². The van der Waals surface area contributed by atoms with Crippen LogP contribution in [0.15, 0.2) is 24.4 Å². The van der Waals surface area contributed by atoms with Crippen LogP contribution in [0.25, 0.3) is 10.9 Å². The molecule has 0 saturated heterocycles. The maximum absolute atomic E-state index is 6.13. The highest BCUT2D eigenvalue weighted by Crippen LogP contribution is 2.28. The Morgan fingerprint density at radius 1 is 1.31 bits per heavy atom. The summed E-state index contributed by atoms with van der Waals surface area (Å²) in [5.41, 5.74) is 1.11. The summed E-state index contributed by atoms with van der Waals surface area (Å²) >= 11 is 12.1. The van der Waals surface area contributed by atoms with E-state index < -0.39 is 0 Å². The van der Waals surface area contributed by atoms with Crippen molar-refractivity contribution < 1.29 is 0 Å². The molecule has 1 aromatic heterocycles. The Bertz CT molecular complexity index is 491. The fourth-order valence-corrected chi connectivity index (χ4v) is 2.39. The number of nitrogens with one attached hydrogen (secondary N) is 1. The van der Waals surface area contributed by atoms with Gasteiger partial charge in [-0.05, 0) is 38.2 Å². The van der Waals surface area contributed by atoms with Gasteiger partial charge in [0.2, 0.25) is 0 Å². The average Bonchev–Trinajstić information content (AvgIpc) is 2.62. The molecular weight excluding hydrogens is 243 g/mol. The molecule has 0 unspecified atom stereocenters. The van der Waals surface area contributed by atoms with Gasteiger partial charge in [-0.3, -0.25) is 0 Å². The first-order valence-electron chi connectivity index (χ1n) is 5.31. The van der Waals surface area contributed by atoms with Gasteiger partial charge >= 0.3 is 0 Å². The quantitative estimate of drug-likeness (QED) is 0.829. The van der Waals surface area contributed by atoms with E-state index in [1.807, 2.05) is 19.2 Å². The van der Waals surface area contributed by atoms with Gasteiger partial charge in [-0.25, -0.2) is 0 Å². The summed E-state index contributed by atoms with van der Waals surface area (Å²) in [4.78, 5) is 0. The minimum absolute atomic E-state index is 0.686. The van der Waals surface area contributed by atoms with Crippen molar-refractivity contribution >= 4 is 34.1 Å². The second kappa shape index (κ2) is 5.09. The second-order valence-corrected chi connectivity index (χ2v) is 4.63. The number of hydrogen-bond donors (Lipinski definition) is 1. The number of rotatable bonds is 4. The van der Waals surface area contributed by atoms with Gasteiger partial charge in [-0.1, -0.05) is 23.2 Å². The maximum atomic E-state index is 6.13. The number of fused-ring (bicyclic) bond motifs is 1. The van der Waals surface area contributed by atoms with Crippen LogP contribution in [0.1, 0.15) is 6.42 Å². The summed E-state index contributed by atoms with van der Waals surface area (Å²) in [6, 6.07) is 5.78. The monoisotopic (exact) mass is 256 g/mol. The van der Waals surface area contributed by atoms with Crippen molar-refractivity contribution in [1.29, 1.82) is 0 Å². The molecule has 0 aliphatic rings. The van der Waals surface area contributed by atoms with Crippen molar-refractivity contribution in [3.8, 4) is 0 Å². The molecule has 86 valence electrons. The number of hydrogen-bond acceptors (Lipinski definition) is 1. The highest BCUT2D eigenvalue weighted by molar-refractivity contribution is 6.38. The molecule has 0 aliphatic carbocycles.